The highest BCUT2D eigenvalue weighted by Crippen LogP contribution is 2.27. The summed E-state index contributed by atoms with van der Waals surface area (Å²) in [6.07, 6.45) is 2.61. The fourth-order valence-corrected chi connectivity index (χ4v) is 2.39. The molecular formula is C15H17N3O2. The predicted octanol–water partition coefficient (Wildman–Crippen LogP) is 1.57. The Morgan fingerprint density at radius 2 is 2.10 bits per heavy atom. The van der Waals surface area contributed by atoms with Crippen molar-refractivity contribution in [3.8, 4) is 5.75 Å². The Morgan fingerprint density at radius 1 is 1.30 bits per heavy atom. The van der Waals surface area contributed by atoms with E-state index >= 15 is 0 Å². The van der Waals surface area contributed by atoms with E-state index in [0.717, 1.165) is 25.2 Å². The predicted molar refractivity (Wildman–Crippen MR) is 77.1 cm³/mol. The van der Waals surface area contributed by atoms with E-state index in [9.17, 15) is 4.79 Å². The molecule has 5 nitrogen and oxygen atoms in total. The van der Waals surface area contributed by atoms with Gasteiger partial charge >= 0.3 is 5.56 Å². The van der Waals surface area contributed by atoms with Crippen LogP contribution in [0.1, 0.15) is 12.0 Å². The number of hydrogen-bond acceptors (Lipinski definition) is 4. The first-order valence-electron chi connectivity index (χ1n) is 6.73. The summed E-state index contributed by atoms with van der Waals surface area (Å²) in [6.45, 7) is 2.18. The Bertz CT molecular complexity index is 652. The minimum atomic E-state index is -0.178. The highest BCUT2D eigenvalue weighted by Gasteiger charge is 2.20. The lowest BCUT2D eigenvalue weighted by atomic mass is 10.2. The minimum absolute atomic E-state index is 0.178. The second-order valence-corrected chi connectivity index (χ2v) is 4.90. The van der Waals surface area contributed by atoms with Crippen molar-refractivity contribution in [2.45, 2.75) is 13.0 Å². The zero-order valence-electron chi connectivity index (χ0n) is 11.5. The molecule has 3 rings (SSSR count). The molecule has 0 unspecified atom stereocenters. The van der Waals surface area contributed by atoms with Crippen molar-refractivity contribution in [3.05, 3.63) is 52.4 Å². The Morgan fingerprint density at radius 3 is 2.90 bits per heavy atom. The first-order valence-corrected chi connectivity index (χ1v) is 6.73. The third kappa shape index (κ3) is 2.39. The Hall–Kier alpha value is -2.30. The van der Waals surface area contributed by atoms with Gasteiger partial charge in [-0.3, -0.25) is 4.79 Å². The van der Waals surface area contributed by atoms with E-state index in [1.165, 1.54) is 10.2 Å². The molecule has 2 aromatic rings. The summed E-state index contributed by atoms with van der Waals surface area (Å²) in [5.41, 5.74) is 1.82. The van der Waals surface area contributed by atoms with E-state index in [0.29, 0.717) is 12.4 Å². The summed E-state index contributed by atoms with van der Waals surface area (Å²) >= 11 is 0. The standard InChI is InChI=1S/C15H17N3O2/c1-17-15(19)14-13(10-16-17)18(8-5-9-20-14)11-12-6-3-2-4-7-12/h2-4,6-7,10H,5,8-9,11H2,1H3. The number of nitrogens with zero attached hydrogens (tertiary/aromatic N) is 3. The smallest absolute Gasteiger partial charge is 0.310 e. The monoisotopic (exact) mass is 271 g/mol. The zero-order valence-corrected chi connectivity index (χ0v) is 11.5. The molecule has 2 heterocycles. The van der Waals surface area contributed by atoms with Gasteiger partial charge in [0.05, 0.1) is 12.8 Å². The fraction of sp³-hybridized carbons (Fsp3) is 0.333. The average Bonchev–Trinajstić information content (AvgIpc) is 2.67. The van der Waals surface area contributed by atoms with Crippen molar-refractivity contribution >= 4 is 5.69 Å². The second kappa shape index (κ2) is 5.36. The number of rotatable bonds is 2. The number of aryl methyl sites for hydroxylation is 1. The molecule has 5 heteroatoms. The maximum atomic E-state index is 12.1. The van der Waals surface area contributed by atoms with Crippen LogP contribution in [0.5, 0.6) is 5.75 Å². The first-order chi connectivity index (χ1) is 9.75. The van der Waals surface area contributed by atoms with Crippen LogP contribution in [0.4, 0.5) is 5.69 Å². The maximum Gasteiger partial charge on any atom is 0.310 e. The van der Waals surface area contributed by atoms with Gasteiger partial charge in [0.15, 0.2) is 0 Å². The molecule has 20 heavy (non-hydrogen) atoms. The van der Waals surface area contributed by atoms with Crippen LogP contribution in [0.15, 0.2) is 41.3 Å². The van der Waals surface area contributed by atoms with Crippen molar-refractivity contribution < 1.29 is 4.74 Å². The van der Waals surface area contributed by atoms with E-state index in [2.05, 4.69) is 22.1 Å². The molecule has 0 saturated heterocycles. The quantitative estimate of drug-likeness (QED) is 0.832. The summed E-state index contributed by atoms with van der Waals surface area (Å²) in [5, 5.41) is 4.11. The van der Waals surface area contributed by atoms with Gasteiger partial charge in [-0.15, -0.1) is 0 Å². The molecule has 104 valence electrons. The highest BCUT2D eigenvalue weighted by atomic mass is 16.5. The summed E-state index contributed by atoms with van der Waals surface area (Å²) in [5.74, 6) is 0.413. The number of hydrogen-bond donors (Lipinski definition) is 0. The molecular weight excluding hydrogens is 254 g/mol. The Kier molecular flexibility index (Phi) is 3.41. The van der Waals surface area contributed by atoms with Crippen LogP contribution in [0.25, 0.3) is 0 Å². The normalized spacial score (nSPS) is 14.3. The Balaban J connectivity index is 1.98. The van der Waals surface area contributed by atoms with Gasteiger partial charge in [-0.2, -0.15) is 5.10 Å². The zero-order chi connectivity index (χ0) is 13.9. The van der Waals surface area contributed by atoms with Gasteiger partial charge in [0, 0.05) is 20.1 Å². The molecule has 0 aliphatic carbocycles. The van der Waals surface area contributed by atoms with Crippen LogP contribution in [0.2, 0.25) is 0 Å². The molecule has 0 bridgehead atoms. The highest BCUT2D eigenvalue weighted by molar-refractivity contribution is 5.56. The molecule has 0 radical (unpaired) electrons. The number of ether oxygens (including phenoxy) is 1. The van der Waals surface area contributed by atoms with Gasteiger partial charge in [-0.1, -0.05) is 30.3 Å². The average molecular weight is 271 g/mol. The van der Waals surface area contributed by atoms with Crippen LogP contribution in [-0.2, 0) is 13.6 Å². The van der Waals surface area contributed by atoms with Gasteiger partial charge in [-0.25, -0.2) is 4.68 Å². The number of benzene rings is 1. The van der Waals surface area contributed by atoms with E-state index in [-0.39, 0.29) is 5.56 Å². The first kappa shape index (κ1) is 12.7. The molecule has 0 fully saturated rings. The minimum Gasteiger partial charge on any atom is -0.486 e. The van der Waals surface area contributed by atoms with Crippen LogP contribution < -0.4 is 15.2 Å². The molecule has 0 atom stereocenters. The summed E-state index contributed by atoms with van der Waals surface area (Å²) in [4.78, 5) is 14.3. The fourth-order valence-electron chi connectivity index (χ4n) is 2.39. The maximum absolute atomic E-state index is 12.1. The van der Waals surface area contributed by atoms with Gasteiger partial charge < -0.3 is 9.64 Å². The summed E-state index contributed by atoms with van der Waals surface area (Å²) in [6, 6.07) is 10.2. The second-order valence-electron chi connectivity index (χ2n) is 4.90. The van der Waals surface area contributed by atoms with Gasteiger partial charge in [0.25, 0.3) is 0 Å². The van der Waals surface area contributed by atoms with Gasteiger partial charge in [-0.05, 0) is 12.0 Å². The lowest BCUT2D eigenvalue weighted by molar-refractivity contribution is 0.315. The van der Waals surface area contributed by atoms with E-state index in [1.807, 2.05) is 18.2 Å². The third-order valence-corrected chi connectivity index (χ3v) is 3.45. The lowest BCUT2D eigenvalue weighted by Crippen LogP contribution is -2.27. The topological polar surface area (TPSA) is 47.4 Å². The van der Waals surface area contributed by atoms with Crippen molar-refractivity contribution in [1.82, 2.24) is 9.78 Å². The molecule has 0 spiro atoms. The SMILES string of the molecule is Cn1ncc2c(c1=O)OCCCN2Cc1ccccc1. The van der Waals surface area contributed by atoms with Crippen molar-refractivity contribution in [2.24, 2.45) is 7.05 Å². The van der Waals surface area contributed by atoms with Crippen LogP contribution in [-0.4, -0.2) is 22.9 Å². The van der Waals surface area contributed by atoms with E-state index in [1.54, 1.807) is 13.2 Å². The number of fused-ring (bicyclic) bond motifs is 1. The molecule has 1 aliphatic heterocycles. The third-order valence-electron chi connectivity index (χ3n) is 3.45. The number of aromatic nitrogens is 2. The molecule has 1 aromatic heterocycles. The molecule has 1 aliphatic rings. The van der Waals surface area contributed by atoms with Gasteiger partial charge in [0.1, 0.15) is 5.69 Å². The van der Waals surface area contributed by atoms with E-state index in [4.69, 9.17) is 4.74 Å². The molecule has 0 amide bonds. The lowest BCUT2D eigenvalue weighted by Gasteiger charge is -2.23. The van der Waals surface area contributed by atoms with Crippen molar-refractivity contribution in [1.29, 1.82) is 0 Å². The van der Waals surface area contributed by atoms with Crippen molar-refractivity contribution in [3.63, 3.8) is 0 Å². The number of anilines is 1. The van der Waals surface area contributed by atoms with Crippen LogP contribution >= 0.6 is 0 Å². The largest absolute Gasteiger partial charge is 0.486 e. The van der Waals surface area contributed by atoms with Crippen LogP contribution in [0.3, 0.4) is 0 Å². The van der Waals surface area contributed by atoms with Crippen LogP contribution in [0, 0.1) is 0 Å². The molecule has 0 N–H and O–H groups in total. The van der Waals surface area contributed by atoms with Gasteiger partial charge in [0.2, 0.25) is 5.75 Å². The summed E-state index contributed by atoms with van der Waals surface area (Å²) < 4.78 is 6.92. The summed E-state index contributed by atoms with van der Waals surface area (Å²) in [7, 11) is 1.64. The van der Waals surface area contributed by atoms with Crippen molar-refractivity contribution in [2.75, 3.05) is 18.1 Å². The molecule has 1 aromatic carbocycles. The Labute approximate surface area is 117 Å². The van der Waals surface area contributed by atoms with E-state index < -0.39 is 0 Å². The molecule has 0 saturated carbocycles.